The van der Waals surface area contributed by atoms with Gasteiger partial charge in [-0.15, -0.1) is 0 Å². The number of aromatic nitrogens is 4. The van der Waals surface area contributed by atoms with Crippen LogP contribution in [0.15, 0.2) is 107 Å². The third-order valence-corrected chi connectivity index (χ3v) is 18.1. The van der Waals surface area contributed by atoms with Crippen LogP contribution in [0.1, 0.15) is 111 Å². The number of nitro groups is 1. The number of methoxy groups -OCH3 is 1. The second kappa shape index (κ2) is 21.0. The molecule has 0 radical (unpaired) electrons. The van der Waals surface area contributed by atoms with Crippen molar-refractivity contribution in [3.63, 3.8) is 0 Å². The lowest BCUT2D eigenvalue weighted by atomic mass is 9.59. The van der Waals surface area contributed by atoms with Crippen LogP contribution in [0.3, 0.4) is 0 Å². The van der Waals surface area contributed by atoms with Crippen molar-refractivity contribution in [2.75, 3.05) is 56.6 Å². The number of ether oxygens (including phenoxy) is 2. The van der Waals surface area contributed by atoms with Gasteiger partial charge in [0.2, 0.25) is 0 Å². The maximum Gasteiger partial charge on any atom is 0.297 e. The van der Waals surface area contributed by atoms with E-state index in [1.807, 2.05) is 18.2 Å². The first kappa shape index (κ1) is 51.9. The Morgan fingerprint density at radius 2 is 1.73 bits per heavy atom. The zero-order valence-corrected chi connectivity index (χ0v) is 44.7. The van der Waals surface area contributed by atoms with Gasteiger partial charge in [-0.2, -0.15) is 0 Å². The Morgan fingerprint density at radius 1 is 0.961 bits per heavy atom. The summed E-state index contributed by atoms with van der Waals surface area (Å²) in [6.45, 7) is 11.9. The third-order valence-electron chi connectivity index (χ3n) is 16.7. The van der Waals surface area contributed by atoms with Crippen molar-refractivity contribution in [2.45, 2.75) is 107 Å². The van der Waals surface area contributed by atoms with Crippen LogP contribution in [0.4, 0.5) is 17.2 Å². The lowest BCUT2D eigenvalue weighted by Crippen LogP contribution is -2.60. The molecule has 2 aliphatic heterocycles. The number of nitro benzene ring substituents is 1. The number of nitrogens with one attached hydrogen (secondary N) is 3. The number of nitrogens with zero attached hydrogens (tertiary/aromatic N) is 7. The largest absolute Gasteiger partial charge is 0.497 e. The van der Waals surface area contributed by atoms with Gasteiger partial charge in [0.1, 0.15) is 44.7 Å². The standard InChI is InChI=1S/C57H66N10O9S/c1-36(2)43-7-5-6-8-44(43)47-34-64(33-38-9-11-41(74-4)12-10-38)23-24-66(47)40-28-57(29-40)18-21-65(22-19-57)50-27-48(76-42-25-39-15-20-58-54(39)61-31-42)45(32-59-50)55(68)63-77(72,73)49-26-46(67(70)71)51(53-52(49)62-35-75-53)60-30-37-13-16-56(3,69)17-14-37/h5-12,15,20,25-27,31-32,35-37,40,47,60,69H,13-14,16-19,21-24,28-30,33-34H2,1-4H3,(H,58,61)(H,63,68)/t37?,47-,56?/m0/s1. The van der Waals surface area contributed by atoms with E-state index in [1.54, 1.807) is 32.4 Å². The van der Waals surface area contributed by atoms with Crippen molar-refractivity contribution in [3.05, 3.63) is 130 Å². The Balaban J connectivity index is 0.804. The highest BCUT2D eigenvalue weighted by Gasteiger charge is 2.50. The summed E-state index contributed by atoms with van der Waals surface area (Å²) in [6, 6.07) is 24.2. The van der Waals surface area contributed by atoms with Crippen molar-refractivity contribution in [3.8, 4) is 17.2 Å². The maximum absolute atomic E-state index is 14.3. The van der Waals surface area contributed by atoms with Crippen LogP contribution < -0.4 is 24.4 Å². The van der Waals surface area contributed by atoms with E-state index in [1.165, 1.54) is 29.1 Å². The fourth-order valence-corrected chi connectivity index (χ4v) is 13.4. The number of oxazole rings is 1. The van der Waals surface area contributed by atoms with E-state index in [4.69, 9.17) is 18.9 Å². The lowest BCUT2D eigenvalue weighted by Gasteiger charge is -2.58. The molecular weight excluding hydrogens is 1000 g/mol. The number of aliphatic hydroxyl groups is 1. The molecule has 2 saturated carbocycles. The number of carbonyl (C=O) groups excluding carboxylic acids is 1. The molecule has 77 heavy (non-hydrogen) atoms. The Morgan fingerprint density at radius 3 is 2.47 bits per heavy atom. The normalized spacial score (nSPS) is 21.4. The number of benzene rings is 3. The summed E-state index contributed by atoms with van der Waals surface area (Å²) in [5, 5.41) is 26.8. The van der Waals surface area contributed by atoms with Gasteiger partial charge in [-0.1, -0.05) is 50.2 Å². The van der Waals surface area contributed by atoms with Crippen LogP contribution in [-0.2, 0) is 16.6 Å². The van der Waals surface area contributed by atoms with Gasteiger partial charge in [0, 0.05) is 87.8 Å². The number of H-pyrrole nitrogens is 1. The zero-order chi connectivity index (χ0) is 53.6. The number of sulfonamides is 1. The van der Waals surface area contributed by atoms with Crippen molar-refractivity contribution in [1.29, 1.82) is 0 Å². The smallest absolute Gasteiger partial charge is 0.297 e. The average Bonchev–Trinajstić information content (AvgIpc) is 4.19. The van der Waals surface area contributed by atoms with Gasteiger partial charge in [-0.3, -0.25) is 24.7 Å². The summed E-state index contributed by atoms with van der Waals surface area (Å²) < 4.78 is 48.0. The molecule has 0 bridgehead atoms. The summed E-state index contributed by atoms with van der Waals surface area (Å²) in [7, 11) is -3.14. The molecule has 6 heterocycles. The highest BCUT2D eigenvalue weighted by atomic mass is 32.2. The molecule has 4 aliphatic rings. The van der Waals surface area contributed by atoms with Gasteiger partial charge in [0.15, 0.2) is 17.7 Å². The Hall–Kier alpha value is -7.13. The predicted octanol–water partition coefficient (Wildman–Crippen LogP) is 9.71. The van der Waals surface area contributed by atoms with Crippen molar-refractivity contribution in [2.24, 2.45) is 11.3 Å². The SMILES string of the molecule is COc1ccc(CN2CCN(C3CC4(CCN(c5cc(Oc6cnc7[nH]ccc7c6)c(C(=O)NS(=O)(=O)c6cc([N+](=O)[O-])c(NCC7CCC(C)(O)CC7)c7ocnc67)cn5)CC4)C3)[C@H](c3ccccc3C(C)C)C2)cc1. The Labute approximate surface area is 447 Å². The fourth-order valence-electron chi connectivity index (χ4n) is 12.3. The van der Waals surface area contributed by atoms with Gasteiger partial charge >= 0.3 is 0 Å². The molecule has 1 atom stereocenters. The molecule has 1 amide bonds. The summed E-state index contributed by atoms with van der Waals surface area (Å²) >= 11 is 0. The van der Waals surface area contributed by atoms with E-state index in [0.717, 1.165) is 88.5 Å². The van der Waals surface area contributed by atoms with Gasteiger partial charge < -0.3 is 34.2 Å². The average molecular weight is 1070 g/mol. The third kappa shape index (κ3) is 10.8. The predicted molar refractivity (Wildman–Crippen MR) is 292 cm³/mol. The number of amides is 1. The molecule has 1 spiro atoms. The number of hydrogen-bond acceptors (Lipinski definition) is 16. The van der Waals surface area contributed by atoms with Crippen LogP contribution in [0.25, 0.3) is 22.1 Å². The van der Waals surface area contributed by atoms with Crippen LogP contribution in [0, 0.1) is 21.4 Å². The molecule has 2 aliphatic carbocycles. The molecule has 0 unspecified atom stereocenters. The number of anilines is 2. The van der Waals surface area contributed by atoms with Crippen LogP contribution in [0.5, 0.6) is 17.2 Å². The van der Waals surface area contributed by atoms with Gasteiger partial charge in [-0.05, 0) is 116 Å². The molecule has 3 aromatic carbocycles. The molecule has 11 rings (SSSR count). The fraction of sp³-hybridized carbons (Fsp3) is 0.439. The van der Waals surface area contributed by atoms with Crippen molar-refractivity contribution < 1.29 is 37.1 Å². The topological polar surface area (TPSA) is 234 Å². The molecule has 20 heteroatoms. The lowest BCUT2D eigenvalue weighted by molar-refractivity contribution is -0.384. The molecule has 4 aromatic heterocycles. The summed E-state index contributed by atoms with van der Waals surface area (Å²) in [6.07, 6.45) is 12.3. The highest BCUT2D eigenvalue weighted by molar-refractivity contribution is 7.90. The zero-order valence-electron chi connectivity index (χ0n) is 43.9. The number of aromatic amines is 1. The number of pyridine rings is 2. The second-order valence-electron chi connectivity index (χ2n) is 22.2. The van der Waals surface area contributed by atoms with Crippen LogP contribution >= 0.6 is 0 Å². The first-order valence-corrected chi connectivity index (χ1v) is 28.2. The monoisotopic (exact) mass is 1070 g/mol. The molecule has 2 saturated heterocycles. The number of fused-ring (bicyclic) bond motifs is 2. The Bertz CT molecular complexity index is 3410. The molecule has 4 N–H and O–H groups in total. The van der Waals surface area contributed by atoms with Crippen molar-refractivity contribution in [1.82, 2.24) is 34.5 Å². The van der Waals surface area contributed by atoms with Crippen LogP contribution in [-0.4, -0.2) is 112 Å². The second-order valence-corrected chi connectivity index (χ2v) is 23.9. The van der Waals surface area contributed by atoms with Gasteiger partial charge in [-0.25, -0.2) is 28.1 Å². The minimum absolute atomic E-state index is 0.0261. The van der Waals surface area contributed by atoms with Gasteiger partial charge in [0.05, 0.1) is 23.8 Å². The summed E-state index contributed by atoms with van der Waals surface area (Å²) in [4.78, 5) is 49.5. The minimum Gasteiger partial charge on any atom is -0.497 e. The number of piperazine rings is 1. The van der Waals surface area contributed by atoms with Gasteiger partial charge in [0.25, 0.3) is 21.6 Å². The summed E-state index contributed by atoms with van der Waals surface area (Å²) in [5.41, 5.74) is 3.04. The molecule has 7 aromatic rings. The van der Waals surface area contributed by atoms with E-state index in [2.05, 4.69) is 89.9 Å². The number of hydrogen-bond donors (Lipinski definition) is 4. The molecule has 4 fully saturated rings. The first-order valence-electron chi connectivity index (χ1n) is 26.7. The van der Waals surface area contributed by atoms with Crippen molar-refractivity contribution >= 4 is 55.3 Å². The first-order chi connectivity index (χ1) is 37.0. The van der Waals surface area contributed by atoms with E-state index in [-0.39, 0.29) is 45.5 Å². The quantitative estimate of drug-likeness (QED) is 0.0521. The minimum atomic E-state index is -4.83. The van der Waals surface area contributed by atoms with E-state index < -0.39 is 37.0 Å². The van der Waals surface area contributed by atoms with Crippen LogP contribution in [0.2, 0.25) is 0 Å². The molecule has 19 nitrogen and oxygen atoms in total. The number of carbonyl (C=O) groups is 1. The van der Waals surface area contributed by atoms with E-state index in [0.29, 0.717) is 61.4 Å². The maximum atomic E-state index is 14.3. The molecule has 404 valence electrons. The van der Waals surface area contributed by atoms with E-state index in [9.17, 15) is 28.4 Å². The Kier molecular flexibility index (Phi) is 14.2. The van der Waals surface area contributed by atoms with E-state index >= 15 is 0 Å². The summed E-state index contributed by atoms with van der Waals surface area (Å²) in [5.74, 6) is 1.22. The number of rotatable bonds is 16. The number of piperidine rings is 1. The highest BCUT2D eigenvalue weighted by Crippen LogP contribution is 2.53. The molecular formula is C57H66N10O9S.